The number of urea groups is 1. The van der Waals surface area contributed by atoms with E-state index in [-0.39, 0.29) is 0 Å². The van der Waals surface area contributed by atoms with E-state index in [0.29, 0.717) is 18.6 Å². The fourth-order valence-electron chi connectivity index (χ4n) is 1.28. The molecule has 0 saturated heterocycles. The van der Waals surface area contributed by atoms with E-state index in [1.807, 2.05) is 0 Å². The molecule has 11 heavy (non-hydrogen) atoms. The van der Waals surface area contributed by atoms with Gasteiger partial charge in [0.1, 0.15) is 0 Å². The van der Waals surface area contributed by atoms with Gasteiger partial charge >= 0.3 is 6.03 Å². The first-order valence-electron chi connectivity index (χ1n) is 3.78. The second-order valence-corrected chi connectivity index (χ2v) is 2.94. The number of rotatable bonds is 3. The van der Waals surface area contributed by atoms with Gasteiger partial charge in [0.2, 0.25) is 0 Å². The van der Waals surface area contributed by atoms with E-state index in [1.54, 1.807) is 7.11 Å². The summed E-state index contributed by atoms with van der Waals surface area (Å²) >= 11 is 0. The van der Waals surface area contributed by atoms with Crippen LogP contribution in [0.3, 0.4) is 0 Å². The molecule has 0 unspecified atom stereocenters. The van der Waals surface area contributed by atoms with Gasteiger partial charge in [-0.05, 0) is 18.8 Å². The highest BCUT2D eigenvalue weighted by Crippen LogP contribution is 2.28. The number of nitrogens with one attached hydrogen (secondary N) is 1. The van der Waals surface area contributed by atoms with Crippen LogP contribution in [0.4, 0.5) is 4.79 Å². The third-order valence-electron chi connectivity index (χ3n) is 2.09. The van der Waals surface area contributed by atoms with Crippen molar-refractivity contribution in [3.63, 3.8) is 0 Å². The molecule has 4 nitrogen and oxygen atoms in total. The van der Waals surface area contributed by atoms with Gasteiger partial charge < -0.3 is 15.8 Å². The molecule has 4 heteroatoms. The van der Waals surface area contributed by atoms with Crippen molar-refractivity contribution in [1.82, 2.24) is 5.32 Å². The van der Waals surface area contributed by atoms with Crippen LogP contribution in [-0.2, 0) is 4.74 Å². The van der Waals surface area contributed by atoms with Gasteiger partial charge in [0.05, 0.1) is 6.10 Å². The Hall–Kier alpha value is -0.770. The van der Waals surface area contributed by atoms with Crippen LogP contribution in [0, 0.1) is 5.92 Å². The van der Waals surface area contributed by atoms with E-state index in [2.05, 4.69) is 5.32 Å². The highest BCUT2D eigenvalue weighted by atomic mass is 16.5. The Labute approximate surface area is 66.1 Å². The third kappa shape index (κ3) is 2.38. The monoisotopic (exact) mass is 158 g/mol. The van der Waals surface area contributed by atoms with E-state index >= 15 is 0 Å². The van der Waals surface area contributed by atoms with Crippen molar-refractivity contribution in [2.45, 2.75) is 18.9 Å². The first-order valence-corrected chi connectivity index (χ1v) is 3.78. The Bertz CT molecular complexity index is 143. The molecule has 0 heterocycles. The van der Waals surface area contributed by atoms with E-state index in [0.717, 1.165) is 12.8 Å². The Morgan fingerprint density at radius 1 is 1.73 bits per heavy atom. The first kappa shape index (κ1) is 8.33. The zero-order valence-electron chi connectivity index (χ0n) is 6.67. The number of methoxy groups -OCH3 is 1. The smallest absolute Gasteiger partial charge is 0.312 e. The van der Waals surface area contributed by atoms with Gasteiger partial charge in [-0.25, -0.2) is 4.79 Å². The van der Waals surface area contributed by atoms with Crippen LogP contribution < -0.4 is 11.1 Å². The van der Waals surface area contributed by atoms with Crippen molar-refractivity contribution in [1.29, 1.82) is 0 Å². The molecule has 0 aromatic rings. The van der Waals surface area contributed by atoms with Gasteiger partial charge in [0, 0.05) is 13.7 Å². The summed E-state index contributed by atoms with van der Waals surface area (Å²) in [4.78, 5) is 10.3. The molecule has 1 aliphatic rings. The molecule has 0 radical (unpaired) electrons. The summed E-state index contributed by atoms with van der Waals surface area (Å²) in [6, 6.07) is -0.439. The molecule has 0 aromatic heterocycles. The van der Waals surface area contributed by atoms with E-state index in [4.69, 9.17) is 10.5 Å². The highest BCUT2D eigenvalue weighted by Gasteiger charge is 2.28. The normalized spacial score (nSPS) is 29.2. The molecule has 1 fully saturated rings. The summed E-state index contributed by atoms with van der Waals surface area (Å²) in [7, 11) is 1.71. The molecule has 0 bridgehead atoms. The summed E-state index contributed by atoms with van der Waals surface area (Å²) in [6.45, 7) is 0.690. The lowest BCUT2D eigenvalue weighted by Gasteiger charge is -2.33. The van der Waals surface area contributed by atoms with Crippen molar-refractivity contribution in [2.24, 2.45) is 11.7 Å². The van der Waals surface area contributed by atoms with Crippen molar-refractivity contribution in [3.8, 4) is 0 Å². The SMILES string of the molecule is COC1CC(CNC(N)=O)C1. The molecule has 64 valence electrons. The number of nitrogens with two attached hydrogens (primary N) is 1. The van der Waals surface area contributed by atoms with Crippen LogP contribution >= 0.6 is 0 Å². The van der Waals surface area contributed by atoms with Crippen molar-refractivity contribution >= 4 is 6.03 Å². The molecule has 0 atom stereocenters. The van der Waals surface area contributed by atoms with Crippen LogP contribution in [0.2, 0.25) is 0 Å². The molecule has 0 aromatic carbocycles. The fraction of sp³-hybridized carbons (Fsp3) is 0.857. The number of ether oxygens (including phenoxy) is 1. The molecule has 2 amide bonds. The zero-order chi connectivity index (χ0) is 8.27. The average Bonchev–Trinajstić information content (AvgIpc) is 1.84. The third-order valence-corrected chi connectivity index (χ3v) is 2.09. The average molecular weight is 158 g/mol. The summed E-state index contributed by atoms with van der Waals surface area (Å²) in [5.74, 6) is 0.562. The Balaban J connectivity index is 2.00. The van der Waals surface area contributed by atoms with Gasteiger partial charge in [-0.1, -0.05) is 0 Å². The molecule has 3 N–H and O–H groups in total. The van der Waals surface area contributed by atoms with Crippen molar-refractivity contribution in [2.75, 3.05) is 13.7 Å². The molecule has 0 aliphatic heterocycles. The first-order chi connectivity index (χ1) is 5.22. The van der Waals surface area contributed by atoms with Crippen LogP contribution in [0.1, 0.15) is 12.8 Å². The topological polar surface area (TPSA) is 64.3 Å². The van der Waals surface area contributed by atoms with E-state index in [1.165, 1.54) is 0 Å². The predicted molar refractivity (Wildman–Crippen MR) is 41.1 cm³/mol. The van der Waals surface area contributed by atoms with Crippen molar-refractivity contribution < 1.29 is 9.53 Å². The molecule has 1 rings (SSSR count). The summed E-state index contributed by atoms with van der Waals surface area (Å²) in [5, 5.41) is 2.58. The quantitative estimate of drug-likeness (QED) is 0.611. The Morgan fingerprint density at radius 3 is 2.82 bits per heavy atom. The largest absolute Gasteiger partial charge is 0.381 e. The summed E-state index contributed by atoms with van der Waals surface area (Å²) in [5.41, 5.74) is 4.91. The van der Waals surface area contributed by atoms with Gasteiger partial charge in [-0.3, -0.25) is 0 Å². The zero-order valence-corrected chi connectivity index (χ0v) is 6.67. The van der Waals surface area contributed by atoms with Gasteiger partial charge in [0.15, 0.2) is 0 Å². The van der Waals surface area contributed by atoms with E-state index < -0.39 is 6.03 Å². The maximum Gasteiger partial charge on any atom is 0.312 e. The van der Waals surface area contributed by atoms with Crippen LogP contribution in [0.25, 0.3) is 0 Å². The fourth-order valence-corrected chi connectivity index (χ4v) is 1.28. The van der Waals surface area contributed by atoms with Gasteiger partial charge in [-0.2, -0.15) is 0 Å². The Kier molecular flexibility index (Phi) is 2.70. The second-order valence-electron chi connectivity index (χ2n) is 2.94. The predicted octanol–water partition coefficient (Wildman–Crippen LogP) is 0.0797. The number of hydrogen-bond acceptors (Lipinski definition) is 2. The van der Waals surface area contributed by atoms with Crippen LogP contribution in [-0.4, -0.2) is 25.8 Å². The standard InChI is InChI=1S/C7H14N2O2/c1-11-6-2-5(3-6)4-9-7(8)10/h5-6H,2-4H2,1H3,(H3,8,9,10). The lowest BCUT2D eigenvalue weighted by atomic mass is 9.82. The van der Waals surface area contributed by atoms with E-state index in [9.17, 15) is 4.79 Å². The van der Waals surface area contributed by atoms with Crippen molar-refractivity contribution in [3.05, 3.63) is 0 Å². The van der Waals surface area contributed by atoms with Gasteiger partial charge in [0.25, 0.3) is 0 Å². The number of hydrogen-bond donors (Lipinski definition) is 2. The Morgan fingerprint density at radius 2 is 2.36 bits per heavy atom. The minimum atomic E-state index is -0.439. The molecule has 1 saturated carbocycles. The summed E-state index contributed by atoms with van der Waals surface area (Å²) in [6.07, 6.45) is 2.47. The lowest BCUT2D eigenvalue weighted by molar-refractivity contribution is 0.00251. The molecular weight excluding hydrogens is 144 g/mol. The minimum Gasteiger partial charge on any atom is -0.381 e. The number of amides is 2. The number of carbonyl (C=O) groups is 1. The highest BCUT2D eigenvalue weighted by molar-refractivity contribution is 5.71. The molecule has 1 aliphatic carbocycles. The minimum absolute atomic E-state index is 0.398. The molecule has 0 spiro atoms. The van der Waals surface area contributed by atoms with Crippen LogP contribution in [0.5, 0.6) is 0 Å². The second kappa shape index (κ2) is 3.57. The lowest BCUT2D eigenvalue weighted by Crippen LogP contribution is -2.41. The maximum atomic E-state index is 10.3. The number of primary amides is 1. The summed E-state index contributed by atoms with van der Waals surface area (Å²) < 4.78 is 5.08. The maximum absolute atomic E-state index is 10.3. The molecular formula is C7H14N2O2. The van der Waals surface area contributed by atoms with Crippen LogP contribution in [0.15, 0.2) is 0 Å². The van der Waals surface area contributed by atoms with Gasteiger partial charge in [-0.15, -0.1) is 0 Å². The number of carbonyl (C=O) groups excluding carboxylic acids is 1.